The Morgan fingerprint density at radius 2 is 1.71 bits per heavy atom. The third-order valence-electron chi connectivity index (χ3n) is 6.06. The van der Waals surface area contributed by atoms with E-state index >= 15 is 0 Å². The molecule has 2 unspecified atom stereocenters. The molecule has 182 valence electrons. The molecule has 1 fully saturated rings. The number of nitrogens with two attached hydrogens (primary N) is 1. The second-order valence-electron chi connectivity index (χ2n) is 9.58. The minimum absolute atomic E-state index is 0.135. The maximum atomic E-state index is 13.4. The second kappa shape index (κ2) is 9.61. The van der Waals surface area contributed by atoms with Crippen LogP contribution in [0.1, 0.15) is 37.7 Å². The molecule has 4 rings (SSSR count). The summed E-state index contributed by atoms with van der Waals surface area (Å²) in [6, 6.07) is 15.8. The number of amides is 2. The summed E-state index contributed by atoms with van der Waals surface area (Å²) >= 11 is 0. The van der Waals surface area contributed by atoms with Crippen molar-refractivity contribution in [3.8, 4) is 22.6 Å². The molecule has 1 aliphatic heterocycles. The van der Waals surface area contributed by atoms with Crippen molar-refractivity contribution in [3.05, 3.63) is 66.6 Å². The first-order valence-corrected chi connectivity index (χ1v) is 11.4. The third-order valence-corrected chi connectivity index (χ3v) is 6.06. The van der Waals surface area contributed by atoms with Crippen molar-refractivity contribution >= 4 is 17.8 Å². The molecule has 35 heavy (non-hydrogen) atoms. The van der Waals surface area contributed by atoms with Gasteiger partial charge in [-0.25, -0.2) is 14.8 Å². The summed E-state index contributed by atoms with van der Waals surface area (Å²) in [6.07, 6.45) is 0.771. The zero-order valence-electron chi connectivity index (χ0n) is 19.9. The van der Waals surface area contributed by atoms with Crippen molar-refractivity contribution < 1.29 is 19.4 Å². The lowest BCUT2D eigenvalue weighted by Crippen LogP contribution is -2.53. The van der Waals surface area contributed by atoms with Crippen LogP contribution in [0.5, 0.6) is 11.5 Å². The van der Waals surface area contributed by atoms with Gasteiger partial charge in [-0.05, 0) is 41.7 Å². The SMILES string of the molecule is CC(C)(C)C1C(NC(=O)c2ncnc(N)c2-c2ccc(Oc3ccccc3)cc2)CCN1C(=O)O. The lowest BCUT2D eigenvalue weighted by Gasteiger charge is -2.37. The van der Waals surface area contributed by atoms with E-state index in [0.29, 0.717) is 35.6 Å². The van der Waals surface area contributed by atoms with Crippen molar-refractivity contribution in [2.24, 2.45) is 5.41 Å². The number of carbonyl (C=O) groups is 2. The highest BCUT2D eigenvalue weighted by Gasteiger charge is 2.44. The fraction of sp³-hybridized carbons (Fsp3) is 0.308. The summed E-state index contributed by atoms with van der Waals surface area (Å²) in [5, 5.41) is 12.6. The third kappa shape index (κ3) is 5.18. The summed E-state index contributed by atoms with van der Waals surface area (Å²) in [5.41, 5.74) is 7.02. The molecule has 2 heterocycles. The predicted molar refractivity (Wildman–Crippen MR) is 132 cm³/mol. The van der Waals surface area contributed by atoms with Crippen LogP contribution in [0.15, 0.2) is 60.9 Å². The fourth-order valence-electron chi connectivity index (χ4n) is 4.64. The number of hydrogen-bond donors (Lipinski definition) is 3. The molecule has 2 atom stereocenters. The normalized spacial score (nSPS) is 17.7. The Kier molecular flexibility index (Phi) is 6.59. The summed E-state index contributed by atoms with van der Waals surface area (Å²) in [6.45, 7) is 6.24. The summed E-state index contributed by atoms with van der Waals surface area (Å²) in [7, 11) is 0. The molecule has 0 aliphatic carbocycles. The van der Waals surface area contributed by atoms with Gasteiger partial charge in [0.15, 0.2) is 0 Å². The van der Waals surface area contributed by atoms with Crippen LogP contribution in [-0.4, -0.2) is 50.6 Å². The predicted octanol–water partition coefficient (Wildman–Crippen LogP) is 4.41. The molecule has 1 saturated heterocycles. The van der Waals surface area contributed by atoms with Crippen LogP contribution in [0.4, 0.5) is 10.6 Å². The Balaban J connectivity index is 1.59. The van der Waals surface area contributed by atoms with Gasteiger partial charge in [0.05, 0.1) is 17.6 Å². The van der Waals surface area contributed by atoms with Crippen LogP contribution < -0.4 is 15.8 Å². The number of aromatic nitrogens is 2. The first-order chi connectivity index (χ1) is 16.6. The van der Waals surface area contributed by atoms with Crippen LogP contribution in [-0.2, 0) is 0 Å². The number of hydrogen-bond acceptors (Lipinski definition) is 6. The van der Waals surface area contributed by atoms with Gasteiger partial charge in [-0.3, -0.25) is 4.79 Å². The summed E-state index contributed by atoms with van der Waals surface area (Å²) in [4.78, 5) is 34.8. The number of rotatable bonds is 5. The number of benzene rings is 2. The van der Waals surface area contributed by atoms with E-state index in [1.807, 2.05) is 51.1 Å². The number of anilines is 1. The molecule has 0 bridgehead atoms. The van der Waals surface area contributed by atoms with Gasteiger partial charge in [-0.2, -0.15) is 0 Å². The van der Waals surface area contributed by atoms with E-state index in [0.717, 1.165) is 0 Å². The maximum Gasteiger partial charge on any atom is 0.407 e. The highest BCUT2D eigenvalue weighted by atomic mass is 16.5. The number of nitrogens with zero attached hydrogens (tertiary/aromatic N) is 3. The number of ether oxygens (including phenoxy) is 1. The molecule has 9 heteroatoms. The minimum atomic E-state index is -0.994. The van der Waals surface area contributed by atoms with Gasteiger partial charge in [-0.1, -0.05) is 51.1 Å². The van der Waals surface area contributed by atoms with E-state index in [1.54, 1.807) is 24.3 Å². The van der Waals surface area contributed by atoms with Gasteiger partial charge in [0.1, 0.15) is 29.3 Å². The molecular formula is C26H29N5O4. The highest BCUT2D eigenvalue weighted by molar-refractivity contribution is 6.01. The van der Waals surface area contributed by atoms with E-state index in [4.69, 9.17) is 10.5 Å². The largest absolute Gasteiger partial charge is 0.465 e. The van der Waals surface area contributed by atoms with Gasteiger partial charge in [0, 0.05) is 6.54 Å². The van der Waals surface area contributed by atoms with Crippen LogP contribution in [0.2, 0.25) is 0 Å². The summed E-state index contributed by atoms with van der Waals surface area (Å²) in [5.74, 6) is 1.09. The number of nitrogen functional groups attached to an aromatic ring is 1. The smallest absolute Gasteiger partial charge is 0.407 e. The van der Waals surface area contributed by atoms with Gasteiger partial charge in [0.25, 0.3) is 5.91 Å². The number of likely N-dealkylation sites (tertiary alicyclic amines) is 1. The van der Waals surface area contributed by atoms with Crippen molar-refractivity contribution in [1.82, 2.24) is 20.2 Å². The van der Waals surface area contributed by atoms with Gasteiger partial charge in [0.2, 0.25) is 0 Å². The molecule has 0 radical (unpaired) electrons. The van der Waals surface area contributed by atoms with Gasteiger partial charge < -0.3 is 25.8 Å². The quantitative estimate of drug-likeness (QED) is 0.498. The van der Waals surface area contributed by atoms with Gasteiger partial charge in [-0.15, -0.1) is 0 Å². The standard InChI is InChI=1S/C26H29N5O4/c1-26(2,3)22-19(13-14-31(22)25(33)34)30-24(32)21-20(23(27)29-15-28-21)16-9-11-18(12-10-16)35-17-7-5-4-6-8-17/h4-12,15,19,22H,13-14H2,1-3H3,(H,30,32)(H,33,34)(H2,27,28,29). The van der Waals surface area contributed by atoms with E-state index < -0.39 is 12.0 Å². The fourth-order valence-corrected chi connectivity index (χ4v) is 4.64. The monoisotopic (exact) mass is 475 g/mol. The van der Waals surface area contributed by atoms with Crippen molar-refractivity contribution in [3.63, 3.8) is 0 Å². The zero-order chi connectivity index (χ0) is 25.2. The molecule has 0 saturated carbocycles. The minimum Gasteiger partial charge on any atom is -0.465 e. The second-order valence-corrected chi connectivity index (χ2v) is 9.58. The molecule has 9 nitrogen and oxygen atoms in total. The topological polar surface area (TPSA) is 131 Å². The van der Waals surface area contributed by atoms with Gasteiger partial charge >= 0.3 is 6.09 Å². The molecule has 1 aromatic heterocycles. The van der Waals surface area contributed by atoms with Crippen molar-refractivity contribution in [2.45, 2.75) is 39.3 Å². The lowest BCUT2D eigenvalue weighted by atomic mass is 9.82. The molecule has 0 spiro atoms. The van der Waals surface area contributed by atoms with Crippen molar-refractivity contribution in [2.75, 3.05) is 12.3 Å². The molecule has 2 aromatic carbocycles. The van der Waals surface area contributed by atoms with Crippen LogP contribution >= 0.6 is 0 Å². The Labute approximate surface area is 204 Å². The Bertz CT molecular complexity index is 1210. The van der Waals surface area contributed by atoms with E-state index in [9.17, 15) is 14.7 Å². The molecule has 2 amide bonds. The summed E-state index contributed by atoms with van der Waals surface area (Å²) < 4.78 is 5.84. The first kappa shape index (κ1) is 24.0. The van der Waals surface area contributed by atoms with Crippen LogP contribution in [0, 0.1) is 5.41 Å². The lowest BCUT2D eigenvalue weighted by molar-refractivity contribution is 0.0823. The van der Waals surface area contributed by atoms with Crippen LogP contribution in [0.3, 0.4) is 0 Å². The Hall–Kier alpha value is -4.14. The molecule has 4 N–H and O–H groups in total. The average Bonchev–Trinajstić information content (AvgIpc) is 3.25. The Morgan fingerprint density at radius 3 is 2.34 bits per heavy atom. The number of nitrogens with one attached hydrogen (secondary N) is 1. The molecular weight excluding hydrogens is 446 g/mol. The van der Waals surface area contributed by atoms with E-state index in [2.05, 4.69) is 15.3 Å². The highest BCUT2D eigenvalue weighted by Crippen LogP contribution is 2.34. The maximum absolute atomic E-state index is 13.4. The Morgan fingerprint density at radius 1 is 1.06 bits per heavy atom. The number of para-hydroxylation sites is 1. The zero-order valence-corrected chi connectivity index (χ0v) is 19.9. The van der Waals surface area contributed by atoms with Crippen molar-refractivity contribution in [1.29, 1.82) is 0 Å². The molecule has 1 aliphatic rings. The number of carboxylic acid groups (broad SMARTS) is 1. The molecule has 3 aromatic rings. The van der Waals surface area contributed by atoms with E-state index in [-0.39, 0.29) is 29.0 Å². The first-order valence-electron chi connectivity index (χ1n) is 11.4. The average molecular weight is 476 g/mol. The number of carbonyl (C=O) groups excluding carboxylic acids is 1. The van der Waals surface area contributed by atoms with Crippen LogP contribution in [0.25, 0.3) is 11.1 Å². The van der Waals surface area contributed by atoms with E-state index in [1.165, 1.54) is 11.2 Å².